The summed E-state index contributed by atoms with van der Waals surface area (Å²) in [6, 6.07) is 4.87. The Balaban J connectivity index is 2.54. The van der Waals surface area contributed by atoms with Crippen LogP contribution in [0.4, 0.5) is 13.6 Å². The van der Waals surface area contributed by atoms with Crippen molar-refractivity contribution in [2.45, 2.75) is 37.0 Å². The Morgan fingerprint density at radius 1 is 1.25 bits per heavy atom. The molecule has 1 rings (SSSR count). The Kier molecular flexibility index (Phi) is 8.17. The number of thioether (sulfide) groups is 1. The molecular formula is C15H18F2N2O4S. The predicted molar refractivity (Wildman–Crippen MR) is 85.0 cm³/mol. The van der Waals surface area contributed by atoms with E-state index >= 15 is 0 Å². The molecule has 24 heavy (non-hydrogen) atoms. The Hall–Kier alpha value is -2.16. The number of halogens is 2. The highest BCUT2D eigenvalue weighted by molar-refractivity contribution is 7.99. The SMILES string of the molecule is CC[C@H](C)NC(=O)NC(=O)COC(=O)c1ccccc1SC(F)F. The van der Waals surface area contributed by atoms with Crippen LogP contribution < -0.4 is 10.6 Å². The van der Waals surface area contributed by atoms with Gasteiger partial charge in [0.15, 0.2) is 6.61 Å². The molecule has 6 nitrogen and oxygen atoms in total. The lowest BCUT2D eigenvalue weighted by molar-refractivity contribution is -0.123. The minimum absolute atomic E-state index is 0.0485. The van der Waals surface area contributed by atoms with Gasteiger partial charge in [-0.25, -0.2) is 9.59 Å². The van der Waals surface area contributed by atoms with Crippen LogP contribution in [0.3, 0.4) is 0 Å². The number of ether oxygens (including phenoxy) is 1. The zero-order valence-corrected chi connectivity index (χ0v) is 14.0. The van der Waals surface area contributed by atoms with Crippen molar-refractivity contribution in [3.05, 3.63) is 29.8 Å². The second-order valence-electron chi connectivity index (χ2n) is 4.78. The molecule has 2 N–H and O–H groups in total. The van der Waals surface area contributed by atoms with Gasteiger partial charge in [-0.1, -0.05) is 30.8 Å². The van der Waals surface area contributed by atoms with Gasteiger partial charge in [0.25, 0.3) is 11.7 Å². The molecule has 0 aromatic heterocycles. The number of rotatable bonds is 7. The minimum atomic E-state index is -2.69. The van der Waals surface area contributed by atoms with Crippen LogP contribution in [0, 0.1) is 0 Å². The molecule has 0 unspecified atom stereocenters. The summed E-state index contributed by atoms with van der Waals surface area (Å²) in [5.41, 5.74) is -0.0698. The van der Waals surface area contributed by atoms with Crippen LogP contribution in [0.2, 0.25) is 0 Å². The number of nitrogens with one attached hydrogen (secondary N) is 2. The molecule has 0 spiro atoms. The molecule has 0 fully saturated rings. The highest BCUT2D eigenvalue weighted by Crippen LogP contribution is 2.28. The van der Waals surface area contributed by atoms with Crippen molar-refractivity contribution in [3.8, 4) is 0 Å². The number of urea groups is 1. The average Bonchev–Trinajstić information content (AvgIpc) is 2.52. The summed E-state index contributed by atoms with van der Waals surface area (Å²) in [5, 5.41) is 4.52. The Bertz CT molecular complexity index is 599. The van der Waals surface area contributed by atoms with Gasteiger partial charge in [0.2, 0.25) is 0 Å². The molecule has 0 aliphatic heterocycles. The third-order valence-corrected chi connectivity index (χ3v) is 3.69. The van der Waals surface area contributed by atoms with Crippen LogP contribution in [0.15, 0.2) is 29.2 Å². The maximum Gasteiger partial charge on any atom is 0.339 e. The third-order valence-electron chi connectivity index (χ3n) is 2.90. The lowest BCUT2D eigenvalue weighted by atomic mass is 10.2. The summed E-state index contributed by atoms with van der Waals surface area (Å²) in [5.74, 6) is -4.43. The summed E-state index contributed by atoms with van der Waals surface area (Å²) in [6.45, 7) is 2.94. The molecule has 0 saturated carbocycles. The van der Waals surface area contributed by atoms with E-state index in [1.807, 2.05) is 12.2 Å². The largest absolute Gasteiger partial charge is 0.452 e. The topological polar surface area (TPSA) is 84.5 Å². The maximum atomic E-state index is 12.5. The van der Waals surface area contributed by atoms with Crippen LogP contribution >= 0.6 is 11.8 Å². The monoisotopic (exact) mass is 360 g/mol. The molecule has 0 aliphatic carbocycles. The van der Waals surface area contributed by atoms with Crippen LogP contribution in [0.25, 0.3) is 0 Å². The maximum absolute atomic E-state index is 12.5. The quantitative estimate of drug-likeness (QED) is 0.577. The van der Waals surface area contributed by atoms with E-state index in [9.17, 15) is 23.2 Å². The van der Waals surface area contributed by atoms with Crippen molar-refractivity contribution in [2.24, 2.45) is 0 Å². The van der Waals surface area contributed by atoms with Crippen molar-refractivity contribution in [3.63, 3.8) is 0 Å². The van der Waals surface area contributed by atoms with E-state index in [1.54, 1.807) is 6.92 Å². The average molecular weight is 360 g/mol. The van der Waals surface area contributed by atoms with Gasteiger partial charge in [-0.3, -0.25) is 10.1 Å². The molecule has 3 amide bonds. The van der Waals surface area contributed by atoms with Crippen molar-refractivity contribution in [2.75, 3.05) is 6.61 Å². The van der Waals surface area contributed by atoms with Gasteiger partial charge in [-0.05, 0) is 25.5 Å². The first-order valence-electron chi connectivity index (χ1n) is 7.14. The van der Waals surface area contributed by atoms with E-state index in [-0.39, 0.29) is 28.3 Å². The normalized spacial score (nSPS) is 11.7. The number of carbonyl (C=O) groups is 3. The first-order valence-corrected chi connectivity index (χ1v) is 8.02. The Labute approximate surface area is 142 Å². The predicted octanol–water partition coefficient (Wildman–Crippen LogP) is 2.78. The smallest absolute Gasteiger partial charge is 0.339 e. The number of alkyl halides is 2. The molecular weight excluding hydrogens is 342 g/mol. The van der Waals surface area contributed by atoms with Crippen LogP contribution in [0.5, 0.6) is 0 Å². The fraction of sp³-hybridized carbons (Fsp3) is 0.400. The number of hydrogen-bond donors (Lipinski definition) is 2. The van der Waals surface area contributed by atoms with Crippen LogP contribution in [-0.2, 0) is 9.53 Å². The number of benzene rings is 1. The van der Waals surface area contributed by atoms with Crippen molar-refractivity contribution in [1.29, 1.82) is 0 Å². The van der Waals surface area contributed by atoms with E-state index < -0.39 is 30.3 Å². The minimum Gasteiger partial charge on any atom is -0.452 e. The van der Waals surface area contributed by atoms with Crippen LogP contribution in [0.1, 0.15) is 30.6 Å². The van der Waals surface area contributed by atoms with Gasteiger partial charge in [0.1, 0.15) is 0 Å². The Morgan fingerprint density at radius 2 is 1.92 bits per heavy atom. The second kappa shape index (κ2) is 9.86. The second-order valence-corrected chi connectivity index (χ2v) is 5.81. The Morgan fingerprint density at radius 3 is 2.54 bits per heavy atom. The number of carbonyl (C=O) groups excluding carboxylic acids is 3. The standard InChI is InChI=1S/C15H18F2N2O4S/c1-3-9(2)18-15(22)19-12(20)8-23-13(21)10-6-4-5-7-11(10)24-14(16)17/h4-7,9,14H,3,8H2,1-2H3,(H2,18,19,20,22)/t9-/m0/s1. The molecule has 0 bridgehead atoms. The summed E-state index contributed by atoms with van der Waals surface area (Å²) in [7, 11) is 0. The highest BCUT2D eigenvalue weighted by atomic mass is 32.2. The first kappa shape index (κ1) is 19.9. The van der Waals surface area contributed by atoms with E-state index in [4.69, 9.17) is 4.74 Å². The number of amides is 3. The fourth-order valence-corrected chi connectivity index (χ4v) is 2.19. The highest BCUT2D eigenvalue weighted by Gasteiger charge is 2.18. The molecule has 9 heteroatoms. The fourth-order valence-electron chi connectivity index (χ4n) is 1.57. The number of imide groups is 1. The number of hydrogen-bond acceptors (Lipinski definition) is 5. The van der Waals surface area contributed by atoms with E-state index in [2.05, 4.69) is 5.32 Å². The van der Waals surface area contributed by atoms with Gasteiger partial charge >= 0.3 is 12.0 Å². The molecule has 1 aromatic rings. The summed E-state index contributed by atoms with van der Waals surface area (Å²) in [6.07, 6.45) is 0.690. The van der Waals surface area contributed by atoms with Crippen molar-refractivity contribution in [1.82, 2.24) is 10.6 Å². The van der Waals surface area contributed by atoms with E-state index in [0.717, 1.165) is 0 Å². The summed E-state index contributed by atoms with van der Waals surface area (Å²) < 4.78 is 29.7. The van der Waals surface area contributed by atoms with Crippen LogP contribution in [-0.4, -0.2) is 36.3 Å². The van der Waals surface area contributed by atoms with Gasteiger partial charge in [-0.15, -0.1) is 0 Å². The van der Waals surface area contributed by atoms with Gasteiger partial charge < -0.3 is 10.1 Å². The molecule has 1 atom stereocenters. The summed E-state index contributed by atoms with van der Waals surface area (Å²) in [4.78, 5) is 34.9. The molecule has 1 aromatic carbocycles. The van der Waals surface area contributed by atoms with Gasteiger partial charge in [-0.2, -0.15) is 8.78 Å². The molecule has 0 heterocycles. The summed E-state index contributed by atoms with van der Waals surface area (Å²) >= 11 is 0.209. The van der Waals surface area contributed by atoms with Gasteiger partial charge in [0.05, 0.1) is 5.56 Å². The zero-order valence-electron chi connectivity index (χ0n) is 13.2. The molecule has 0 saturated heterocycles. The molecule has 132 valence electrons. The lowest BCUT2D eigenvalue weighted by Gasteiger charge is -2.12. The number of esters is 1. The zero-order chi connectivity index (χ0) is 18.1. The molecule has 0 radical (unpaired) electrons. The van der Waals surface area contributed by atoms with Crippen molar-refractivity contribution >= 4 is 29.7 Å². The first-order chi connectivity index (χ1) is 11.3. The third kappa shape index (κ3) is 6.95. The van der Waals surface area contributed by atoms with E-state index in [0.29, 0.717) is 6.42 Å². The lowest BCUT2D eigenvalue weighted by Crippen LogP contribution is -2.44. The van der Waals surface area contributed by atoms with Crippen molar-refractivity contribution < 1.29 is 27.9 Å². The molecule has 0 aliphatic rings. The van der Waals surface area contributed by atoms with E-state index in [1.165, 1.54) is 24.3 Å². The van der Waals surface area contributed by atoms with Gasteiger partial charge in [0, 0.05) is 10.9 Å².